The standard InChI is InChI=1S/C21H27N5O3/c1-14-9-11-25(12-10-14)20-22-18-17(19(27)24(3)21(28)23(18)2)26(20)13-15-7-5-6-8-16(15)29-4/h5-8,14H,9-13H2,1-4H3. The lowest BCUT2D eigenvalue weighted by Crippen LogP contribution is -2.38. The van der Waals surface area contributed by atoms with Crippen LogP contribution in [0.2, 0.25) is 0 Å². The highest BCUT2D eigenvalue weighted by molar-refractivity contribution is 5.75. The molecule has 8 heteroatoms. The van der Waals surface area contributed by atoms with Crippen LogP contribution in [0.1, 0.15) is 25.3 Å². The Morgan fingerprint density at radius 3 is 2.48 bits per heavy atom. The molecule has 2 aromatic heterocycles. The number of ether oxygens (including phenoxy) is 1. The number of hydrogen-bond acceptors (Lipinski definition) is 5. The van der Waals surface area contributed by atoms with E-state index in [-0.39, 0.29) is 11.2 Å². The van der Waals surface area contributed by atoms with Crippen LogP contribution in [0.4, 0.5) is 5.95 Å². The molecule has 3 aromatic rings. The second kappa shape index (κ2) is 7.42. The van der Waals surface area contributed by atoms with Crippen molar-refractivity contribution in [1.82, 2.24) is 18.7 Å². The lowest BCUT2D eigenvalue weighted by molar-refractivity contribution is 0.408. The Balaban J connectivity index is 1.95. The number of methoxy groups -OCH3 is 1. The first-order chi connectivity index (χ1) is 13.9. The first-order valence-corrected chi connectivity index (χ1v) is 9.95. The molecule has 0 N–H and O–H groups in total. The monoisotopic (exact) mass is 397 g/mol. The van der Waals surface area contributed by atoms with Gasteiger partial charge in [-0.15, -0.1) is 0 Å². The van der Waals surface area contributed by atoms with Gasteiger partial charge in [0.15, 0.2) is 11.2 Å². The molecule has 29 heavy (non-hydrogen) atoms. The van der Waals surface area contributed by atoms with Crippen LogP contribution in [0.25, 0.3) is 11.2 Å². The van der Waals surface area contributed by atoms with E-state index in [1.165, 1.54) is 11.6 Å². The third-order valence-corrected chi connectivity index (χ3v) is 5.92. The molecule has 1 aliphatic rings. The van der Waals surface area contributed by atoms with Crippen molar-refractivity contribution in [1.29, 1.82) is 0 Å². The molecule has 8 nitrogen and oxygen atoms in total. The third kappa shape index (κ3) is 3.22. The molecule has 0 bridgehead atoms. The molecule has 0 amide bonds. The van der Waals surface area contributed by atoms with Crippen LogP contribution in [-0.2, 0) is 20.6 Å². The highest BCUT2D eigenvalue weighted by Crippen LogP contribution is 2.28. The first kappa shape index (κ1) is 19.3. The second-order valence-electron chi connectivity index (χ2n) is 7.86. The second-order valence-corrected chi connectivity index (χ2v) is 7.86. The number of piperidine rings is 1. The summed E-state index contributed by atoms with van der Waals surface area (Å²) in [5, 5.41) is 0. The molecular weight excluding hydrogens is 370 g/mol. The molecule has 1 fully saturated rings. The van der Waals surface area contributed by atoms with E-state index >= 15 is 0 Å². The summed E-state index contributed by atoms with van der Waals surface area (Å²) >= 11 is 0. The lowest BCUT2D eigenvalue weighted by atomic mass is 10.00. The quantitative estimate of drug-likeness (QED) is 0.670. The summed E-state index contributed by atoms with van der Waals surface area (Å²) in [4.78, 5) is 32.5. The summed E-state index contributed by atoms with van der Waals surface area (Å²) in [6.45, 7) is 4.46. The topological polar surface area (TPSA) is 74.3 Å². The Hall–Kier alpha value is -3.03. The number of benzene rings is 1. The van der Waals surface area contributed by atoms with Crippen molar-refractivity contribution in [3.63, 3.8) is 0 Å². The van der Waals surface area contributed by atoms with Gasteiger partial charge in [0.25, 0.3) is 5.56 Å². The molecule has 1 saturated heterocycles. The number of imidazole rings is 1. The fourth-order valence-electron chi connectivity index (χ4n) is 4.04. The van der Waals surface area contributed by atoms with E-state index in [0.29, 0.717) is 23.6 Å². The SMILES string of the molecule is COc1ccccc1Cn1c(N2CCC(C)CC2)nc2c1c(=O)n(C)c(=O)n2C. The van der Waals surface area contributed by atoms with Crippen LogP contribution in [0.15, 0.2) is 33.9 Å². The highest BCUT2D eigenvalue weighted by Gasteiger charge is 2.25. The van der Waals surface area contributed by atoms with Crippen LogP contribution < -0.4 is 20.9 Å². The fraction of sp³-hybridized carbons (Fsp3) is 0.476. The minimum Gasteiger partial charge on any atom is -0.496 e. The van der Waals surface area contributed by atoms with Gasteiger partial charge < -0.3 is 9.64 Å². The van der Waals surface area contributed by atoms with E-state index in [1.54, 1.807) is 14.2 Å². The van der Waals surface area contributed by atoms with Crippen molar-refractivity contribution in [2.24, 2.45) is 20.0 Å². The van der Waals surface area contributed by atoms with Gasteiger partial charge in [-0.2, -0.15) is 4.98 Å². The van der Waals surface area contributed by atoms with E-state index in [4.69, 9.17) is 9.72 Å². The molecule has 154 valence electrons. The normalized spacial score (nSPS) is 15.2. The Morgan fingerprint density at radius 2 is 1.79 bits per heavy atom. The third-order valence-electron chi connectivity index (χ3n) is 5.92. The smallest absolute Gasteiger partial charge is 0.332 e. The number of hydrogen-bond donors (Lipinski definition) is 0. The van der Waals surface area contributed by atoms with E-state index in [9.17, 15) is 9.59 Å². The van der Waals surface area contributed by atoms with Crippen molar-refractivity contribution in [3.05, 3.63) is 50.7 Å². The maximum atomic E-state index is 13.1. The van der Waals surface area contributed by atoms with E-state index in [0.717, 1.165) is 47.8 Å². The zero-order valence-corrected chi connectivity index (χ0v) is 17.4. The zero-order chi connectivity index (χ0) is 20.7. The van der Waals surface area contributed by atoms with Crippen LogP contribution in [-0.4, -0.2) is 38.9 Å². The minimum absolute atomic E-state index is 0.331. The number of anilines is 1. The molecule has 1 aromatic carbocycles. The number of fused-ring (bicyclic) bond motifs is 1. The molecule has 3 heterocycles. The molecule has 4 rings (SSSR count). The van der Waals surface area contributed by atoms with Gasteiger partial charge in [-0.25, -0.2) is 4.79 Å². The van der Waals surface area contributed by atoms with E-state index in [2.05, 4.69) is 11.8 Å². The van der Waals surface area contributed by atoms with Crippen molar-refractivity contribution >= 4 is 17.1 Å². The fourth-order valence-corrected chi connectivity index (χ4v) is 4.04. The van der Waals surface area contributed by atoms with Crippen molar-refractivity contribution in [2.45, 2.75) is 26.3 Å². The molecule has 0 unspecified atom stereocenters. The molecule has 1 aliphatic heterocycles. The average Bonchev–Trinajstić information content (AvgIpc) is 3.11. The predicted octanol–water partition coefficient (Wildman–Crippen LogP) is 1.73. The van der Waals surface area contributed by atoms with Gasteiger partial charge in [0.05, 0.1) is 13.7 Å². The summed E-state index contributed by atoms with van der Waals surface area (Å²) in [6, 6.07) is 7.76. The Labute approximate surface area is 169 Å². The Morgan fingerprint density at radius 1 is 1.10 bits per heavy atom. The van der Waals surface area contributed by atoms with Gasteiger partial charge in [-0.05, 0) is 24.8 Å². The van der Waals surface area contributed by atoms with Crippen LogP contribution in [0, 0.1) is 5.92 Å². The Kier molecular flexibility index (Phi) is 4.94. The summed E-state index contributed by atoms with van der Waals surface area (Å²) in [7, 11) is 4.81. The summed E-state index contributed by atoms with van der Waals surface area (Å²) < 4.78 is 10.0. The van der Waals surface area contributed by atoms with Crippen LogP contribution in [0.5, 0.6) is 5.75 Å². The average molecular weight is 397 g/mol. The van der Waals surface area contributed by atoms with Crippen LogP contribution >= 0.6 is 0 Å². The maximum absolute atomic E-state index is 13.1. The molecule has 0 aliphatic carbocycles. The van der Waals surface area contributed by atoms with E-state index < -0.39 is 0 Å². The summed E-state index contributed by atoms with van der Waals surface area (Å²) in [6.07, 6.45) is 2.16. The molecule has 0 radical (unpaired) electrons. The lowest BCUT2D eigenvalue weighted by Gasteiger charge is -2.31. The van der Waals surface area contributed by atoms with Crippen molar-refractivity contribution < 1.29 is 4.74 Å². The Bertz CT molecular complexity index is 1170. The van der Waals surface area contributed by atoms with Gasteiger partial charge in [-0.3, -0.25) is 18.5 Å². The summed E-state index contributed by atoms with van der Waals surface area (Å²) in [5.74, 6) is 2.17. The van der Waals surface area contributed by atoms with Gasteiger partial charge in [0.2, 0.25) is 5.95 Å². The summed E-state index contributed by atoms with van der Waals surface area (Å²) in [5.41, 5.74) is 1.11. The van der Waals surface area contributed by atoms with Crippen LogP contribution in [0.3, 0.4) is 0 Å². The minimum atomic E-state index is -0.372. The number of aromatic nitrogens is 4. The molecule has 0 spiro atoms. The number of para-hydroxylation sites is 1. The van der Waals surface area contributed by atoms with Gasteiger partial charge in [0.1, 0.15) is 5.75 Å². The molecule has 0 atom stereocenters. The van der Waals surface area contributed by atoms with Gasteiger partial charge >= 0.3 is 5.69 Å². The van der Waals surface area contributed by atoms with Crippen molar-refractivity contribution in [3.8, 4) is 5.75 Å². The molecule has 0 saturated carbocycles. The number of rotatable bonds is 4. The molecular formula is C21H27N5O3. The number of aryl methyl sites for hydroxylation is 1. The zero-order valence-electron chi connectivity index (χ0n) is 17.4. The van der Waals surface area contributed by atoms with Gasteiger partial charge in [0, 0.05) is 32.7 Å². The van der Waals surface area contributed by atoms with E-state index in [1.807, 2.05) is 28.8 Å². The largest absolute Gasteiger partial charge is 0.496 e. The van der Waals surface area contributed by atoms with Gasteiger partial charge in [-0.1, -0.05) is 25.1 Å². The number of nitrogens with zero attached hydrogens (tertiary/aromatic N) is 5. The first-order valence-electron chi connectivity index (χ1n) is 9.95. The van der Waals surface area contributed by atoms with Crippen molar-refractivity contribution in [2.75, 3.05) is 25.1 Å². The predicted molar refractivity (Wildman–Crippen MR) is 113 cm³/mol. The maximum Gasteiger partial charge on any atom is 0.332 e. The highest BCUT2D eigenvalue weighted by atomic mass is 16.5.